The van der Waals surface area contributed by atoms with Crippen LogP contribution in [0.1, 0.15) is 39.7 Å². The fourth-order valence-corrected chi connectivity index (χ4v) is 4.90. The Hall–Kier alpha value is -3.42. The largest absolute Gasteiger partial charge is 0.490 e. The van der Waals surface area contributed by atoms with E-state index in [9.17, 15) is 9.59 Å². The van der Waals surface area contributed by atoms with E-state index >= 15 is 0 Å². The minimum atomic E-state index is -0.503. The number of benzene rings is 2. The van der Waals surface area contributed by atoms with E-state index in [1.54, 1.807) is 17.0 Å². The first-order chi connectivity index (χ1) is 17.1. The molecule has 3 heterocycles. The normalized spacial score (nSPS) is 18.1. The monoisotopic (exact) mass is 474 g/mol. The standard InChI is InChI=1S/C28H30N2O5/c1-3-15-34-21-8-6-20(7-9-21)25-24-26(31)22-18-19(2)5-10-23(22)35-27(24)28(32)30(25)12-4-11-29-13-16-33-17-14-29/h3,5-10,18,25H,1,4,11-17H2,2H3/t25-/m1/s1. The maximum atomic E-state index is 13.7. The average molecular weight is 475 g/mol. The van der Waals surface area contributed by atoms with Crippen LogP contribution >= 0.6 is 0 Å². The molecule has 1 amide bonds. The summed E-state index contributed by atoms with van der Waals surface area (Å²) in [5.41, 5.74) is 2.53. The Morgan fingerprint density at radius 2 is 1.86 bits per heavy atom. The van der Waals surface area contributed by atoms with Gasteiger partial charge < -0.3 is 18.8 Å². The molecule has 7 nitrogen and oxygen atoms in total. The molecular formula is C28H30N2O5. The third-order valence-corrected chi connectivity index (χ3v) is 6.66. The lowest BCUT2D eigenvalue weighted by Gasteiger charge is -2.29. The van der Waals surface area contributed by atoms with Gasteiger partial charge in [-0.2, -0.15) is 0 Å². The summed E-state index contributed by atoms with van der Waals surface area (Å²) in [4.78, 5) is 31.4. The third kappa shape index (κ3) is 4.61. The highest BCUT2D eigenvalue weighted by Crippen LogP contribution is 2.38. The van der Waals surface area contributed by atoms with Crippen molar-refractivity contribution >= 4 is 16.9 Å². The molecule has 7 heteroatoms. The molecule has 35 heavy (non-hydrogen) atoms. The number of carbonyl (C=O) groups excluding carboxylic acids is 1. The summed E-state index contributed by atoms with van der Waals surface area (Å²) in [6, 6.07) is 12.5. The van der Waals surface area contributed by atoms with Gasteiger partial charge in [-0.15, -0.1) is 0 Å². The molecular weight excluding hydrogens is 444 g/mol. The van der Waals surface area contributed by atoms with Gasteiger partial charge in [0.25, 0.3) is 5.91 Å². The van der Waals surface area contributed by atoms with Crippen molar-refractivity contribution < 1.29 is 18.7 Å². The second-order valence-electron chi connectivity index (χ2n) is 9.05. The first-order valence-electron chi connectivity index (χ1n) is 12.1. The van der Waals surface area contributed by atoms with Crippen molar-refractivity contribution in [1.29, 1.82) is 0 Å². The van der Waals surface area contributed by atoms with Crippen LogP contribution in [0, 0.1) is 6.92 Å². The van der Waals surface area contributed by atoms with Crippen molar-refractivity contribution in [2.24, 2.45) is 0 Å². The van der Waals surface area contributed by atoms with Gasteiger partial charge in [-0.05, 0) is 43.2 Å². The molecule has 3 aromatic rings. The lowest BCUT2D eigenvalue weighted by molar-refractivity contribution is 0.0353. The minimum Gasteiger partial charge on any atom is -0.490 e. The van der Waals surface area contributed by atoms with Crippen LogP contribution in [0.5, 0.6) is 5.75 Å². The summed E-state index contributed by atoms with van der Waals surface area (Å²) in [6.07, 6.45) is 2.48. The van der Waals surface area contributed by atoms with E-state index in [-0.39, 0.29) is 17.1 Å². The summed E-state index contributed by atoms with van der Waals surface area (Å²) in [5.74, 6) is 0.617. The maximum Gasteiger partial charge on any atom is 0.290 e. The van der Waals surface area contributed by atoms with E-state index in [4.69, 9.17) is 13.9 Å². The number of rotatable bonds is 8. The van der Waals surface area contributed by atoms with Gasteiger partial charge in [0.2, 0.25) is 5.76 Å². The summed E-state index contributed by atoms with van der Waals surface area (Å²) >= 11 is 0. The van der Waals surface area contributed by atoms with E-state index in [0.717, 1.165) is 50.4 Å². The van der Waals surface area contributed by atoms with Crippen molar-refractivity contribution in [2.45, 2.75) is 19.4 Å². The molecule has 1 saturated heterocycles. The molecule has 2 aliphatic rings. The van der Waals surface area contributed by atoms with Crippen molar-refractivity contribution in [3.05, 3.63) is 87.8 Å². The van der Waals surface area contributed by atoms with Gasteiger partial charge in [0.05, 0.1) is 30.2 Å². The predicted molar refractivity (Wildman–Crippen MR) is 134 cm³/mol. The number of carbonyl (C=O) groups is 1. The quantitative estimate of drug-likeness (QED) is 0.461. The molecule has 5 rings (SSSR count). The number of ether oxygens (including phenoxy) is 2. The smallest absolute Gasteiger partial charge is 0.290 e. The molecule has 0 N–H and O–H groups in total. The van der Waals surface area contributed by atoms with E-state index < -0.39 is 6.04 Å². The highest BCUT2D eigenvalue weighted by molar-refractivity contribution is 5.99. The van der Waals surface area contributed by atoms with Gasteiger partial charge in [-0.25, -0.2) is 0 Å². The Morgan fingerprint density at radius 1 is 1.09 bits per heavy atom. The Bertz CT molecular complexity index is 1290. The van der Waals surface area contributed by atoms with Crippen molar-refractivity contribution in [3.8, 4) is 5.75 Å². The van der Waals surface area contributed by atoms with Crippen molar-refractivity contribution in [2.75, 3.05) is 46.0 Å². The molecule has 0 aliphatic carbocycles. The van der Waals surface area contributed by atoms with Crippen LogP contribution in [0.4, 0.5) is 0 Å². The fraction of sp³-hybridized carbons (Fsp3) is 0.357. The van der Waals surface area contributed by atoms with E-state index in [2.05, 4.69) is 11.5 Å². The average Bonchev–Trinajstić information content (AvgIpc) is 3.16. The summed E-state index contributed by atoms with van der Waals surface area (Å²) in [7, 11) is 0. The number of hydrogen-bond donors (Lipinski definition) is 0. The molecule has 0 unspecified atom stereocenters. The first kappa shape index (κ1) is 23.3. The minimum absolute atomic E-state index is 0.147. The van der Waals surface area contributed by atoms with E-state index in [1.807, 2.05) is 43.3 Å². The lowest BCUT2D eigenvalue weighted by atomic mass is 9.98. The number of aryl methyl sites for hydroxylation is 1. The Kier molecular flexibility index (Phi) is 6.70. The van der Waals surface area contributed by atoms with Crippen LogP contribution in [0.2, 0.25) is 0 Å². The highest BCUT2D eigenvalue weighted by atomic mass is 16.5. The Balaban J connectivity index is 1.51. The van der Waals surface area contributed by atoms with Gasteiger partial charge >= 0.3 is 0 Å². The van der Waals surface area contributed by atoms with Gasteiger partial charge in [0.1, 0.15) is 17.9 Å². The second-order valence-corrected chi connectivity index (χ2v) is 9.05. The number of fused-ring (bicyclic) bond motifs is 2. The zero-order valence-corrected chi connectivity index (χ0v) is 20.0. The van der Waals surface area contributed by atoms with Gasteiger partial charge in [-0.3, -0.25) is 14.5 Å². The summed E-state index contributed by atoms with van der Waals surface area (Å²) in [5, 5.41) is 0.502. The zero-order valence-electron chi connectivity index (χ0n) is 20.0. The molecule has 2 aliphatic heterocycles. The lowest BCUT2D eigenvalue weighted by Crippen LogP contribution is -2.38. The summed E-state index contributed by atoms with van der Waals surface area (Å²) in [6.45, 7) is 10.7. The number of nitrogens with zero attached hydrogens (tertiary/aromatic N) is 2. The highest BCUT2D eigenvalue weighted by Gasteiger charge is 2.42. The zero-order chi connectivity index (χ0) is 24.4. The molecule has 182 valence electrons. The molecule has 2 aromatic carbocycles. The predicted octanol–water partition coefficient (Wildman–Crippen LogP) is 3.93. The van der Waals surface area contributed by atoms with Crippen LogP contribution in [0.15, 0.2) is 64.3 Å². The molecule has 1 atom stereocenters. The van der Waals surface area contributed by atoms with Crippen LogP contribution in [-0.4, -0.2) is 61.7 Å². The van der Waals surface area contributed by atoms with Crippen molar-refractivity contribution in [1.82, 2.24) is 9.80 Å². The Labute approximate surface area is 204 Å². The van der Waals surface area contributed by atoms with Gasteiger partial charge in [0.15, 0.2) is 5.43 Å². The number of amides is 1. The SMILES string of the molecule is C=CCOc1ccc([C@@H]2c3c(oc4ccc(C)cc4c3=O)C(=O)N2CCCN2CCOCC2)cc1. The van der Waals surface area contributed by atoms with Gasteiger partial charge in [0, 0.05) is 26.2 Å². The second kappa shape index (κ2) is 10.1. The van der Waals surface area contributed by atoms with Crippen LogP contribution in [-0.2, 0) is 4.74 Å². The maximum absolute atomic E-state index is 13.7. The first-order valence-corrected chi connectivity index (χ1v) is 12.1. The molecule has 1 fully saturated rings. The van der Waals surface area contributed by atoms with E-state index in [1.165, 1.54) is 0 Å². The number of morpholine rings is 1. The molecule has 1 aromatic heterocycles. The molecule has 0 saturated carbocycles. The molecule has 0 radical (unpaired) electrons. The van der Waals surface area contributed by atoms with E-state index in [0.29, 0.717) is 35.4 Å². The fourth-order valence-electron chi connectivity index (χ4n) is 4.90. The number of hydrogen-bond acceptors (Lipinski definition) is 6. The van der Waals surface area contributed by atoms with Crippen LogP contribution < -0.4 is 10.2 Å². The van der Waals surface area contributed by atoms with Crippen LogP contribution in [0.3, 0.4) is 0 Å². The van der Waals surface area contributed by atoms with Crippen LogP contribution in [0.25, 0.3) is 11.0 Å². The summed E-state index contributed by atoms with van der Waals surface area (Å²) < 4.78 is 17.1. The molecule has 0 bridgehead atoms. The van der Waals surface area contributed by atoms with Crippen molar-refractivity contribution in [3.63, 3.8) is 0 Å². The van der Waals surface area contributed by atoms with Gasteiger partial charge in [-0.1, -0.05) is 36.4 Å². The molecule has 0 spiro atoms. The topological polar surface area (TPSA) is 72.2 Å². The third-order valence-electron chi connectivity index (χ3n) is 6.66. The Morgan fingerprint density at radius 3 is 2.60 bits per heavy atom.